The standard InChI is InChI=1S/C48H31NO/c1-30-36-27-28-48(34-22-21-31-11-2-3-12-32(31)29-34,50-47(36)42-18-10-17-41-37-13-4-5-16-40(37)45(30)46(41)42)33-23-25-35(26-24-33)49-43-19-8-6-14-38(43)39-15-7-9-20-44(39)49/h2-29H,1H3. The molecule has 2 heterocycles. The molecule has 1 unspecified atom stereocenters. The van der Waals surface area contributed by atoms with Crippen molar-refractivity contribution in [2.75, 3.05) is 0 Å². The van der Waals surface area contributed by atoms with Gasteiger partial charge in [0.1, 0.15) is 5.75 Å². The van der Waals surface area contributed by atoms with Gasteiger partial charge in [-0.3, -0.25) is 0 Å². The lowest BCUT2D eigenvalue weighted by molar-refractivity contribution is 0.163. The second kappa shape index (κ2) is 10.1. The van der Waals surface area contributed by atoms with Gasteiger partial charge in [-0.25, -0.2) is 0 Å². The van der Waals surface area contributed by atoms with E-state index in [0.29, 0.717) is 0 Å². The fourth-order valence-electron chi connectivity index (χ4n) is 8.81. The molecule has 234 valence electrons. The lowest BCUT2D eigenvalue weighted by Crippen LogP contribution is -2.34. The summed E-state index contributed by atoms with van der Waals surface area (Å²) in [4.78, 5) is 0. The molecule has 0 spiro atoms. The van der Waals surface area contributed by atoms with Crippen molar-refractivity contribution in [2.45, 2.75) is 12.5 Å². The number of aromatic nitrogens is 1. The molecule has 0 saturated carbocycles. The Morgan fingerprint density at radius 3 is 1.92 bits per heavy atom. The fraction of sp³-hybridized carbons (Fsp3) is 0.0417. The van der Waals surface area contributed by atoms with E-state index in [1.54, 1.807) is 0 Å². The van der Waals surface area contributed by atoms with E-state index in [2.05, 4.69) is 181 Å². The van der Waals surface area contributed by atoms with E-state index in [0.717, 1.165) is 33.5 Å². The van der Waals surface area contributed by atoms with Crippen LogP contribution in [0.5, 0.6) is 5.75 Å². The number of ether oxygens (including phenoxy) is 1. The SMILES string of the molecule is Cc1c2c(c3cccc4c3c1-c1ccccc1-4)OC(c1ccc(-n3c4ccccc4c4ccccc43)cc1)(c1ccc3ccccc3c1)C=C2. The minimum atomic E-state index is -0.839. The molecule has 0 fully saturated rings. The van der Waals surface area contributed by atoms with Gasteiger partial charge < -0.3 is 9.30 Å². The summed E-state index contributed by atoms with van der Waals surface area (Å²) in [7, 11) is 0. The van der Waals surface area contributed by atoms with Gasteiger partial charge in [0.15, 0.2) is 5.60 Å². The number of benzene rings is 8. The molecule has 8 aromatic carbocycles. The van der Waals surface area contributed by atoms with Crippen molar-refractivity contribution >= 4 is 49.4 Å². The Bertz CT molecular complexity index is 2850. The summed E-state index contributed by atoms with van der Waals surface area (Å²) in [6.45, 7) is 2.25. The van der Waals surface area contributed by atoms with E-state index in [9.17, 15) is 0 Å². The molecule has 2 nitrogen and oxygen atoms in total. The molecule has 0 bridgehead atoms. The van der Waals surface area contributed by atoms with E-state index in [4.69, 9.17) is 4.74 Å². The average Bonchev–Trinajstić information content (AvgIpc) is 3.70. The maximum Gasteiger partial charge on any atom is 0.178 e. The molecule has 1 aromatic heterocycles. The van der Waals surface area contributed by atoms with Crippen molar-refractivity contribution in [1.29, 1.82) is 0 Å². The Kier molecular flexibility index (Phi) is 5.55. The maximum absolute atomic E-state index is 7.55. The number of para-hydroxylation sites is 2. The average molecular weight is 638 g/mol. The molecule has 0 N–H and O–H groups in total. The normalized spacial score (nSPS) is 15.9. The number of hydrogen-bond donors (Lipinski definition) is 0. The van der Waals surface area contributed by atoms with Crippen LogP contribution < -0.4 is 4.74 Å². The predicted octanol–water partition coefficient (Wildman–Crippen LogP) is 12.4. The molecule has 9 aromatic rings. The van der Waals surface area contributed by atoms with Crippen molar-refractivity contribution < 1.29 is 4.74 Å². The van der Waals surface area contributed by atoms with Crippen molar-refractivity contribution in [3.8, 4) is 33.7 Å². The summed E-state index contributed by atoms with van der Waals surface area (Å²) in [5, 5.41) is 7.37. The van der Waals surface area contributed by atoms with Gasteiger partial charge in [0, 0.05) is 43.9 Å². The topological polar surface area (TPSA) is 14.2 Å². The first-order chi connectivity index (χ1) is 24.7. The molecule has 50 heavy (non-hydrogen) atoms. The van der Waals surface area contributed by atoms with Crippen molar-refractivity contribution in [2.24, 2.45) is 0 Å². The van der Waals surface area contributed by atoms with Gasteiger partial charge in [-0.1, -0.05) is 133 Å². The highest BCUT2D eigenvalue weighted by Crippen LogP contribution is 2.55. The van der Waals surface area contributed by atoms with Crippen LogP contribution >= 0.6 is 0 Å². The molecular formula is C48H31NO. The summed E-state index contributed by atoms with van der Waals surface area (Å²) >= 11 is 0. The number of nitrogens with zero attached hydrogens (tertiary/aromatic N) is 1. The van der Waals surface area contributed by atoms with Crippen LogP contribution in [0.3, 0.4) is 0 Å². The second-order valence-corrected chi connectivity index (χ2v) is 13.7. The van der Waals surface area contributed by atoms with Crippen LogP contribution in [0, 0.1) is 6.92 Å². The maximum atomic E-state index is 7.55. The number of fused-ring (bicyclic) bond motifs is 9. The Balaban J connectivity index is 1.14. The van der Waals surface area contributed by atoms with Gasteiger partial charge in [0.25, 0.3) is 0 Å². The molecule has 2 aliphatic rings. The van der Waals surface area contributed by atoms with E-state index in [1.165, 1.54) is 65.8 Å². The smallest absolute Gasteiger partial charge is 0.178 e. The van der Waals surface area contributed by atoms with Gasteiger partial charge in [-0.2, -0.15) is 0 Å². The molecule has 1 aliphatic heterocycles. The third kappa shape index (κ3) is 3.63. The van der Waals surface area contributed by atoms with Gasteiger partial charge in [0.2, 0.25) is 0 Å². The molecule has 0 saturated heterocycles. The summed E-state index contributed by atoms with van der Waals surface area (Å²) in [6.07, 6.45) is 4.60. The van der Waals surface area contributed by atoms with Crippen LogP contribution in [-0.4, -0.2) is 4.57 Å². The summed E-state index contributed by atoms with van der Waals surface area (Å²) in [6, 6.07) is 57.2. The zero-order chi connectivity index (χ0) is 33.0. The molecule has 1 aliphatic carbocycles. The van der Waals surface area contributed by atoms with Gasteiger partial charge in [-0.05, 0) is 81.9 Å². The molecule has 0 radical (unpaired) electrons. The zero-order valence-electron chi connectivity index (χ0n) is 27.5. The molecular weight excluding hydrogens is 607 g/mol. The van der Waals surface area contributed by atoms with Crippen molar-refractivity contribution in [1.82, 2.24) is 4.57 Å². The van der Waals surface area contributed by atoms with Gasteiger partial charge in [-0.15, -0.1) is 0 Å². The van der Waals surface area contributed by atoms with Crippen LogP contribution in [0.4, 0.5) is 0 Å². The highest BCUT2D eigenvalue weighted by atomic mass is 16.5. The highest BCUT2D eigenvalue weighted by Gasteiger charge is 2.40. The first-order valence-corrected chi connectivity index (χ1v) is 17.4. The van der Waals surface area contributed by atoms with Crippen LogP contribution in [-0.2, 0) is 5.60 Å². The Hall–Kier alpha value is -6.38. The summed E-state index contributed by atoms with van der Waals surface area (Å²) in [5.74, 6) is 0.943. The van der Waals surface area contributed by atoms with Crippen LogP contribution in [0.15, 0.2) is 164 Å². The molecule has 1 atom stereocenters. The molecule has 0 amide bonds. The van der Waals surface area contributed by atoms with Crippen LogP contribution in [0.2, 0.25) is 0 Å². The first-order valence-electron chi connectivity index (χ1n) is 17.4. The Labute approximate surface area is 290 Å². The lowest BCUT2D eigenvalue weighted by Gasteiger charge is -2.37. The van der Waals surface area contributed by atoms with Crippen molar-refractivity contribution in [3.05, 3.63) is 186 Å². The molecule has 11 rings (SSSR count). The largest absolute Gasteiger partial charge is 0.472 e. The van der Waals surface area contributed by atoms with Gasteiger partial charge in [0.05, 0.1) is 11.0 Å². The van der Waals surface area contributed by atoms with E-state index >= 15 is 0 Å². The number of rotatable bonds is 3. The highest BCUT2D eigenvalue weighted by molar-refractivity contribution is 6.19. The third-order valence-electron chi connectivity index (χ3n) is 11.1. The van der Waals surface area contributed by atoms with E-state index < -0.39 is 5.60 Å². The lowest BCUT2D eigenvalue weighted by atomic mass is 9.81. The molecule has 2 heteroatoms. The number of hydrogen-bond acceptors (Lipinski definition) is 1. The summed E-state index contributed by atoms with van der Waals surface area (Å²) in [5.41, 5.74) is 12.5. The van der Waals surface area contributed by atoms with Gasteiger partial charge >= 0.3 is 0 Å². The first kappa shape index (κ1) is 27.6. The van der Waals surface area contributed by atoms with Crippen molar-refractivity contribution in [3.63, 3.8) is 0 Å². The quantitative estimate of drug-likeness (QED) is 0.188. The second-order valence-electron chi connectivity index (χ2n) is 13.7. The van der Waals surface area contributed by atoms with Crippen LogP contribution in [0.25, 0.3) is 77.4 Å². The van der Waals surface area contributed by atoms with E-state index in [1.807, 2.05) is 0 Å². The zero-order valence-corrected chi connectivity index (χ0v) is 27.5. The Morgan fingerprint density at radius 1 is 0.520 bits per heavy atom. The predicted molar refractivity (Wildman–Crippen MR) is 208 cm³/mol. The minimum absolute atomic E-state index is 0.839. The minimum Gasteiger partial charge on any atom is -0.472 e. The van der Waals surface area contributed by atoms with E-state index in [-0.39, 0.29) is 0 Å². The Morgan fingerprint density at radius 2 is 1.14 bits per heavy atom. The fourth-order valence-corrected chi connectivity index (χ4v) is 8.81. The third-order valence-corrected chi connectivity index (χ3v) is 11.1. The van der Waals surface area contributed by atoms with Crippen LogP contribution in [0.1, 0.15) is 22.3 Å². The monoisotopic (exact) mass is 637 g/mol. The summed E-state index contributed by atoms with van der Waals surface area (Å²) < 4.78 is 9.92.